The van der Waals surface area contributed by atoms with E-state index in [9.17, 15) is 4.79 Å². The van der Waals surface area contributed by atoms with E-state index >= 15 is 0 Å². The van der Waals surface area contributed by atoms with E-state index in [4.69, 9.17) is 4.74 Å². The van der Waals surface area contributed by atoms with Gasteiger partial charge >= 0.3 is 6.09 Å². The summed E-state index contributed by atoms with van der Waals surface area (Å²) < 4.78 is 5.18. The van der Waals surface area contributed by atoms with Crippen LogP contribution in [0.25, 0.3) is 0 Å². The molecule has 88 valence electrons. The minimum atomic E-state index is -0.423. The molecule has 0 aliphatic carbocycles. The van der Waals surface area contributed by atoms with Crippen LogP contribution >= 0.6 is 0 Å². The van der Waals surface area contributed by atoms with Gasteiger partial charge in [0.15, 0.2) is 0 Å². The van der Waals surface area contributed by atoms with E-state index < -0.39 is 5.60 Å². The molecule has 0 aromatic heterocycles. The Balaban J connectivity index is 2.27. The second kappa shape index (κ2) is 4.84. The van der Waals surface area contributed by atoms with Crippen LogP contribution in [0.2, 0.25) is 0 Å². The zero-order chi connectivity index (χ0) is 11.5. The molecule has 0 unspecified atom stereocenters. The lowest BCUT2D eigenvalue weighted by molar-refractivity contribution is 0.0271. The van der Waals surface area contributed by atoms with Crippen molar-refractivity contribution >= 4 is 6.09 Å². The molecule has 0 aromatic carbocycles. The summed E-state index contributed by atoms with van der Waals surface area (Å²) in [5.74, 6) is 0.765. The number of hydrogen-bond acceptors (Lipinski definition) is 3. The van der Waals surface area contributed by atoms with Gasteiger partial charge < -0.3 is 4.74 Å². The lowest BCUT2D eigenvalue weighted by atomic mass is 10.0. The second-order valence-corrected chi connectivity index (χ2v) is 5.28. The Labute approximate surface area is 91.9 Å². The number of carbonyl (C=O) groups is 1. The molecule has 1 amide bonds. The third-order valence-corrected chi connectivity index (χ3v) is 2.43. The van der Waals surface area contributed by atoms with Crippen LogP contribution in [0.4, 0.5) is 4.79 Å². The lowest BCUT2D eigenvalue weighted by Crippen LogP contribution is -2.48. The molecule has 0 spiro atoms. The topological polar surface area (TPSA) is 41.6 Å². The average molecular weight is 214 g/mol. The zero-order valence-electron chi connectivity index (χ0n) is 10.2. The Kier molecular flexibility index (Phi) is 3.97. The first kappa shape index (κ1) is 12.3. The fraction of sp³-hybridized carbons (Fsp3) is 0.909. The van der Waals surface area contributed by atoms with Crippen molar-refractivity contribution in [2.75, 3.05) is 13.1 Å². The minimum absolute atomic E-state index is 0.350. The van der Waals surface area contributed by atoms with Crippen molar-refractivity contribution in [2.45, 2.75) is 46.1 Å². The molecule has 1 aliphatic heterocycles. The molecule has 1 fully saturated rings. The van der Waals surface area contributed by atoms with E-state index in [-0.39, 0.29) is 6.09 Å². The molecule has 1 N–H and O–H groups in total. The Morgan fingerprint density at radius 2 is 1.87 bits per heavy atom. The van der Waals surface area contributed by atoms with Gasteiger partial charge in [0, 0.05) is 13.1 Å². The van der Waals surface area contributed by atoms with Crippen LogP contribution in [0.15, 0.2) is 0 Å². The predicted octanol–water partition coefficient (Wildman–Crippen LogP) is 2.16. The van der Waals surface area contributed by atoms with Crippen LogP contribution < -0.4 is 5.43 Å². The molecule has 1 heterocycles. The highest BCUT2D eigenvalue weighted by Crippen LogP contribution is 2.14. The zero-order valence-corrected chi connectivity index (χ0v) is 10.2. The number of nitrogens with one attached hydrogen (secondary N) is 1. The van der Waals surface area contributed by atoms with Gasteiger partial charge in [-0.3, -0.25) is 5.43 Å². The molecule has 0 atom stereocenters. The number of hydrogen-bond donors (Lipinski definition) is 1. The fourth-order valence-corrected chi connectivity index (χ4v) is 1.55. The standard InChI is InChI=1S/C11H22N2O2/c1-9-5-7-13(8-6-9)12-10(14)15-11(2,3)4/h9H,5-8H2,1-4H3,(H,12,14). The van der Waals surface area contributed by atoms with E-state index in [1.807, 2.05) is 25.8 Å². The van der Waals surface area contributed by atoms with Gasteiger partial charge in [0.1, 0.15) is 5.60 Å². The average Bonchev–Trinajstić information content (AvgIpc) is 2.05. The van der Waals surface area contributed by atoms with Crippen LogP contribution in [0.5, 0.6) is 0 Å². The van der Waals surface area contributed by atoms with Gasteiger partial charge in [-0.25, -0.2) is 9.80 Å². The van der Waals surface area contributed by atoms with E-state index in [0.29, 0.717) is 0 Å². The van der Waals surface area contributed by atoms with Crippen LogP contribution in [-0.4, -0.2) is 29.8 Å². The largest absolute Gasteiger partial charge is 0.443 e. The summed E-state index contributed by atoms with van der Waals surface area (Å²) in [5, 5.41) is 1.94. The monoisotopic (exact) mass is 214 g/mol. The van der Waals surface area contributed by atoms with Gasteiger partial charge in [-0.1, -0.05) is 6.92 Å². The first-order valence-corrected chi connectivity index (χ1v) is 5.61. The Bertz CT molecular complexity index is 215. The van der Waals surface area contributed by atoms with Crippen molar-refractivity contribution in [3.8, 4) is 0 Å². The van der Waals surface area contributed by atoms with Gasteiger partial charge in [0.25, 0.3) is 0 Å². The maximum atomic E-state index is 11.4. The third-order valence-electron chi connectivity index (χ3n) is 2.43. The van der Waals surface area contributed by atoms with Crippen molar-refractivity contribution in [1.82, 2.24) is 10.4 Å². The van der Waals surface area contributed by atoms with Gasteiger partial charge in [0.05, 0.1) is 0 Å². The summed E-state index contributed by atoms with van der Waals surface area (Å²) in [7, 11) is 0. The van der Waals surface area contributed by atoms with E-state index in [0.717, 1.165) is 31.8 Å². The summed E-state index contributed by atoms with van der Waals surface area (Å²) in [6.45, 7) is 9.67. The smallest absolute Gasteiger partial charge is 0.422 e. The van der Waals surface area contributed by atoms with Crippen LogP contribution in [-0.2, 0) is 4.74 Å². The van der Waals surface area contributed by atoms with E-state index in [2.05, 4.69) is 12.3 Å². The summed E-state index contributed by atoms with van der Waals surface area (Å²) in [4.78, 5) is 11.4. The number of rotatable bonds is 1. The maximum absolute atomic E-state index is 11.4. The third kappa shape index (κ3) is 5.02. The van der Waals surface area contributed by atoms with Crippen molar-refractivity contribution < 1.29 is 9.53 Å². The van der Waals surface area contributed by atoms with Gasteiger partial charge in [0.2, 0.25) is 0 Å². The molecule has 1 saturated heterocycles. The summed E-state index contributed by atoms with van der Waals surface area (Å²) in [6.07, 6.45) is 1.92. The first-order chi connectivity index (χ1) is 6.87. The summed E-state index contributed by atoms with van der Waals surface area (Å²) >= 11 is 0. The SMILES string of the molecule is CC1CCN(NC(=O)OC(C)(C)C)CC1. The Morgan fingerprint density at radius 3 is 2.33 bits per heavy atom. The van der Waals surface area contributed by atoms with Gasteiger partial charge in [-0.15, -0.1) is 0 Å². The fourth-order valence-electron chi connectivity index (χ4n) is 1.55. The van der Waals surface area contributed by atoms with E-state index in [1.54, 1.807) is 0 Å². The molecule has 0 bridgehead atoms. The predicted molar refractivity (Wildman–Crippen MR) is 59.3 cm³/mol. The molecular formula is C11H22N2O2. The Morgan fingerprint density at radius 1 is 1.33 bits per heavy atom. The van der Waals surface area contributed by atoms with Gasteiger partial charge in [-0.05, 0) is 39.5 Å². The number of piperidine rings is 1. The van der Waals surface area contributed by atoms with Crippen molar-refractivity contribution in [1.29, 1.82) is 0 Å². The molecule has 15 heavy (non-hydrogen) atoms. The minimum Gasteiger partial charge on any atom is -0.443 e. The second-order valence-electron chi connectivity index (χ2n) is 5.28. The number of carbonyl (C=O) groups excluding carboxylic acids is 1. The molecular weight excluding hydrogens is 192 g/mol. The quantitative estimate of drug-likeness (QED) is 0.727. The molecule has 0 saturated carbocycles. The lowest BCUT2D eigenvalue weighted by Gasteiger charge is -2.31. The molecule has 4 heteroatoms. The first-order valence-electron chi connectivity index (χ1n) is 5.61. The number of amides is 1. The molecule has 1 aliphatic rings. The van der Waals surface area contributed by atoms with E-state index in [1.165, 1.54) is 0 Å². The highest BCUT2D eigenvalue weighted by molar-refractivity contribution is 5.67. The van der Waals surface area contributed by atoms with Crippen molar-refractivity contribution in [3.05, 3.63) is 0 Å². The molecule has 4 nitrogen and oxygen atoms in total. The van der Waals surface area contributed by atoms with Crippen LogP contribution in [0.3, 0.4) is 0 Å². The number of ether oxygens (including phenoxy) is 1. The normalized spacial score (nSPS) is 20.0. The van der Waals surface area contributed by atoms with Crippen molar-refractivity contribution in [2.24, 2.45) is 5.92 Å². The van der Waals surface area contributed by atoms with Crippen LogP contribution in [0.1, 0.15) is 40.5 Å². The maximum Gasteiger partial charge on any atom is 0.422 e. The highest BCUT2D eigenvalue weighted by Gasteiger charge is 2.20. The Hall–Kier alpha value is -0.770. The van der Waals surface area contributed by atoms with Gasteiger partial charge in [-0.2, -0.15) is 0 Å². The number of hydrazine groups is 1. The summed E-state index contributed by atoms with van der Waals surface area (Å²) in [6, 6.07) is 0. The molecule has 0 radical (unpaired) electrons. The molecule has 1 rings (SSSR count). The molecule has 0 aromatic rings. The van der Waals surface area contributed by atoms with Crippen LogP contribution in [0, 0.1) is 5.92 Å². The van der Waals surface area contributed by atoms with Crippen molar-refractivity contribution in [3.63, 3.8) is 0 Å². The highest BCUT2D eigenvalue weighted by atomic mass is 16.6. The summed E-state index contributed by atoms with van der Waals surface area (Å²) in [5.41, 5.74) is 2.34. The number of nitrogens with zero attached hydrogens (tertiary/aromatic N) is 1.